The Morgan fingerprint density at radius 1 is 1.80 bits per heavy atom. The van der Waals surface area contributed by atoms with Crippen molar-refractivity contribution in [3.05, 3.63) is 0 Å². The summed E-state index contributed by atoms with van der Waals surface area (Å²) in [7, 11) is -0.510. The normalized spacial score (nSPS) is 18.6. The SMILES string of the molecule is CB(O)N1CCCN=C1N. The van der Waals surface area contributed by atoms with E-state index in [0.29, 0.717) is 5.96 Å². The first-order valence-corrected chi connectivity index (χ1v) is 3.46. The highest BCUT2D eigenvalue weighted by atomic mass is 16.2. The highest BCUT2D eigenvalue weighted by Crippen LogP contribution is 2.00. The van der Waals surface area contributed by atoms with Crippen molar-refractivity contribution in [3.8, 4) is 0 Å². The molecule has 4 nitrogen and oxygen atoms in total. The lowest BCUT2D eigenvalue weighted by atomic mass is 9.85. The number of hydrogen-bond donors (Lipinski definition) is 2. The maximum atomic E-state index is 9.11. The van der Waals surface area contributed by atoms with Gasteiger partial charge in [0, 0.05) is 13.1 Å². The monoisotopic (exact) mass is 141 g/mol. The lowest BCUT2D eigenvalue weighted by Gasteiger charge is -2.27. The van der Waals surface area contributed by atoms with Crippen LogP contribution in [0.4, 0.5) is 0 Å². The molecule has 3 N–H and O–H groups in total. The molecule has 0 amide bonds. The third kappa shape index (κ3) is 1.41. The second-order valence-corrected chi connectivity index (χ2v) is 2.42. The van der Waals surface area contributed by atoms with E-state index in [1.165, 1.54) is 0 Å². The quantitative estimate of drug-likeness (QED) is 0.466. The zero-order valence-electron chi connectivity index (χ0n) is 6.12. The van der Waals surface area contributed by atoms with Crippen molar-refractivity contribution < 1.29 is 5.02 Å². The molecule has 1 aliphatic heterocycles. The molecule has 0 radical (unpaired) electrons. The van der Waals surface area contributed by atoms with E-state index in [9.17, 15) is 0 Å². The molecule has 0 fully saturated rings. The molecular formula is C5H12BN3O. The van der Waals surface area contributed by atoms with E-state index >= 15 is 0 Å². The average Bonchev–Trinajstić information content (AvgIpc) is 1.88. The minimum atomic E-state index is -0.510. The van der Waals surface area contributed by atoms with Gasteiger partial charge < -0.3 is 15.6 Å². The van der Waals surface area contributed by atoms with Crippen molar-refractivity contribution in [3.63, 3.8) is 0 Å². The Morgan fingerprint density at radius 2 is 2.50 bits per heavy atom. The van der Waals surface area contributed by atoms with Crippen molar-refractivity contribution in [1.29, 1.82) is 0 Å². The Balaban J connectivity index is 2.58. The highest BCUT2D eigenvalue weighted by Gasteiger charge is 2.19. The van der Waals surface area contributed by atoms with Gasteiger partial charge in [-0.1, -0.05) is 0 Å². The smallest absolute Gasteiger partial charge is 0.411 e. The molecule has 0 aromatic carbocycles. The fraction of sp³-hybridized carbons (Fsp3) is 0.800. The summed E-state index contributed by atoms with van der Waals surface area (Å²) in [4.78, 5) is 5.68. The molecule has 1 aliphatic rings. The van der Waals surface area contributed by atoms with Gasteiger partial charge in [0.15, 0.2) is 5.96 Å². The Labute approximate surface area is 60.9 Å². The van der Waals surface area contributed by atoms with Crippen LogP contribution in [0.3, 0.4) is 0 Å². The van der Waals surface area contributed by atoms with E-state index in [0.717, 1.165) is 19.5 Å². The van der Waals surface area contributed by atoms with Crippen LogP contribution in [0.5, 0.6) is 0 Å². The fourth-order valence-corrected chi connectivity index (χ4v) is 1.02. The number of aliphatic imine (C=N–C) groups is 1. The number of hydrogen-bond acceptors (Lipinski definition) is 4. The van der Waals surface area contributed by atoms with Crippen LogP contribution in [-0.4, -0.2) is 35.9 Å². The van der Waals surface area contributed by atoms with E-state index in [4.69, 9.17) is 10.8 Å². The van der Waals surface area contributed by atoms with E-state index in [2.05, 4.69) is 4.99 Å². The maximum absolute atomic E-state index is 9.11. The second kappa shape index (κ2) is 2.92. The Bertz CT molecular complexity index is 148. The number of nitrogens with zero attached hydrogens (tertiary/aromatic N) is 2. The zero-order valence-corrected chi connectivity index (χ0v) is 6.12. The summed E-state index contributed by atoms with van der Waals surface area (Å²) in [5.74, 6) is 0.459. The van der Waals surface area contributed by atoms with Gasteiger partial charge >= 0.3 is 7.05 Å². The summed E-state index contributed by atoms with van der Waals surface area (Å²) in [6.07, 6.45) is 0.978. The van der Waals surface area contributed by atoms with Crippen molar-refractivity contribution in [2.75, 3.05) is 13.1 Å². The zero-order chi connectivity index (χ0) is 7.56. The Kier molecular flexibility index (Phi) is 2.16. The topological polar surface area (TPSA) is 61.8 Å². The van der Waals surface area contributed by atoms with Gasteiger partial charge in [-0.3, -0.25) is 4.99 Å². The summed E-state index contributed by atoms with van der Waals surface area (Å²) in [5, 5.41) is 9.11. The molecule has 1 heterocycles. The van der Waals surface area contributed by atoms with E-state index < -0.39 is 7.05 Å². The minimum absolute atomic E-state index is 0.459. The standard InChI is InChI=1S/C5H12BN3O/c1-6(10)9-4-2-3-8-5(9)7/h10H,2-4H2,1H3,(H2,7,8). The Morgan fingerprint density at radius 3 is 2.90 bits per heavy atom. The van der Waals surface area contributed by atoms with Crippen LogP contribution >= 0.6 is 0 Å². The summed E-state index contributed by atoms with van der Waals surface area (Å²) >= 11 is 0. The molecule has 0 saturated carbocycles. The van der Waals surface area contributed by atoms with Crippen molar-refractivity contribution >= 4 is 13.0 Å². The maximum Gasteiger partial charge on any atom is 0.411 e. The van der Waals surface area contributed by atoms with E-state index in [1.54, 1.807) is 11.6 Å². The molecule has 5 heteroatoms. The summed E-state index contributed by atoms with van der Waals surface area (Å²) < 4.78 is 0. The molecule has 1 rings (SSSR count). The van der Waals surface area contributed by atoms with E-state index in [-0.39, 0.29) is 0 Å². The van der Waals surface area contributed by atoms with Crippen LogP contribution < -0.4 is 5.73 Å². The first-order valence-electron chi connectivity index (χ1n) is 3.46. The molecule has 0 spiro atoms. The molecule has 56 valence electrons. The molecule has 0 atom stereocenters. The van der Waals surface area contributed by atoms with Crippen LogP contribution in [0.1, 0.15) is 6.42 Å². The van der Waals surface area contributed by atoms with Crippen molar-refractivity contribution in [1.82, 2.24) is 4.81 Å². The van der Waals surface area contributed by atoms with Crippen molar-refractivity contribution in [2.45, 2.75) is 13.2 Å². The van der Waals surface area contributed by atoms with E-state index in [1.807, 2.05) is 0 Å². The van der Waals surface area contributed by atoms with Gasteiger partial charge in [0.2, 0.25) is 0 Å². The van der Waals surface area contributed by atoms with Gasteiger partial charge in [-0.25, -0.2) is 0 Å². The third-order valence-electron chi connectivity index (χ3n) is 1.58. The molecule has 0 aromatic rings. The van der Waals surface area contributed by atoms with Gasteiger partial charge in [-0.15, -0.1) is 0 Å². The average molecular weight is 141 g/mol. The number of nitrogens with two attached hydrogens (primary N) is 1. The van der Waals surface area contributed by atoms with Gasteiger partial charge in [0.05, 0.1) is 0 Å². The lowest BCUT2D eigenvalue weighted by Crippen LogP contribution is -2.48. The molecule has 10 heavy (non-hydrogen) atoms. The summed E-state index contributed by atoms with van der Waals surface area (Å²) in [6, 6.07) is 0. The fourth-order valence-electron chi connectivity index (χ4n) is 1.02. The predicted octanol–water partition coefficient (Wildman–Crippen LogP) is -0.883. The molecule has 0 saturated heterocycles. The molecule has 0 bridgehead atoms. The Hall–Kier alpha value is -0.705. The van der Waals surface area contributed by atoms with Crippen LogP contribution in [0.2, 0.25) is 6.82 Å². The first kappa shape index (κ1) is 7.40. The highest BCUT2D eigenvalue weighted by molar-refractivity contribution is 6.49. The van der Waals surface area contributed by atoms with Gasteiger partial charge in [-0.05, 0) is 13.2 Å². The predicted molar refractivity (Wildman–Crippen MR) is 41.6 cm³/mol. The lowest BCUT2D eigenvalue weighted by molar-refractivity contribution is 0.451. The van der Waals surface area contributed by atoms with Crippen LogP contribution in [0.15, 0.2) is 4.99 Å². The molecule has 0 aromatic heterocycles. The third-order valence-corrected chi connectivity index (χ3v) is 1.58. The number of rotatable bonds is 1. The van der Waals surface area contributed by atoms with Gasteiger partial charge in [0.1, 0.15) is 0 Å². The minimum Gasteiger partial charge on any atom is -0.432 e. The van der Waals surface area contributed by atoms with Crippen LogP contribution in [0.25, 0.3) is 0 Å². The molecule has 0 aliphatic carbocycles. The second-order valence-electron chi connectivity index (χ2n) is 2.42. The summed E-state index contributed by atoms with van der Waals surface area (Å²) in [5.41, 5.74) is 5.50. The van der Waals surface area contributed by atoms with Crippen LogP contribution in [0, 0.1) is 0 Å². The summed E-state index contributed by atoms with van der Waals surface area (Å²) in [6.45, 7) is 3.29. The largest absolute Gasteiger partial charge is 0.432 e. The first-order chi connectivity index (χ1) is 4.72. The van der Waals surface area contributed by atoms with Gasteiger partial charge in [0.25, 0.3) is 0 Å². The van der Waals surface area contributed by atoms with Crippen LogP contribution in [-0.2, 0) is 0 Å². The molecular weight excluding hydrogens is 129 g/mol. The number of guanidine groups is 1. The van der Waals surface area contributed by atoms with Crippen molar-refractivity contribution in [2.24, 2.45) is 10.7 Å². The molecule has 0 unspecified atom stereocenters. The van der Waals surface area contributed by atoms with Gasteiger partial charge in [-0.2, -0.15) is 0 Å².